The van der Waals surface area contributed by atoms with E-state index in [4.69, 9.17) is 0 Å². The van der Waals surface area contributed by atoms with Crippen molar-refractivity contribution in [3.05, 3.63) is 0 Å². The van der Waals surface area contributed by atoms with Crippen LogP contribution in [0.2, 0.25) is 0 Å². The smallest absolute Gasteiger partial charge is 0.252 e. The monoisotopic (exact) mass is 303 g/mol. The van der Waals surface area contributed by atoms with E-state index in [1.807, 2.05) is 0 Å². The Morgan fingerprint density at radius 1 is 1.67 bits per heavy atom. The lowest BCUT2D eigenvalue weighted by Gasteiger charge is -1.99. The summed E-state index contributed by atoms with van der Waals surface area (Å²) in [6.45, 7) is 0. The number of carbonyl (C=O) groups excluding carboxylic acids is 2. The highest BCUT2D eigenvalue weighted by molar-refractivity contribution is 14.1. The molecule has 3 nitrogen and oxygen atoms in total. The van der Waals surface area contributed by atoms with Gasteiger partial charge in [0.1, 0.15) is 4.83 Å². The number of imide groups is 1. The van der Waals surface area contributed by atoms with Crippen LogP contribution in [0.5, 0.6) is 0 Å². The van der Waals surface area contributed by atoms with E-state index in [0.717, 1.165) is 3.11 Å². The van der Waals surface area contributed by atoms with Crippen molar-refractivity contribution in [3.8, 4) is 0 Å². The molecular weight excluding hydrogens is 301 g/mol. The average molecular weight is 304 g/mol. The van der Waals surface area contributed by atoms with Crippen molar-refractivity contribution in [1.29, 1.82) is 0 Å². The number of alkyl halides is 1. The second-order valence-electron chi connectivity index (χ2n) is 1.68. The number of rotatable bonds is 0. The van der Waals surface area contributed by atoms with Crippen molar-refractivity contribution in [3.63, 3.8) is 0 Å². The van der Waals surface area contributed by atoms with Gasteiger partial charge in [-0.2, -0.15) is 0 Å². The summed E-state index contributed by atoms with van der Waals surface area (Å²) in [5.74, 6) is -0.275. The third-order valence-electron chi connectivity index (χ3n) is 1.03. The molecule has 1 saturated heterocycles. The summed E-state index contributed by atoms with van der Waals surface area (Å²) in [6.07, 6.45) is 0.293. The van der Waals surface area contributed by atoms with Gasteiger partial charge in [0.25, 0.3) is 5.91 Å². The fourth-order valence-electron chi connectivity index (χ4n) is 0.567. The van der Waals surface area contributed by atoms with Crippen molar-refractivity contribution in [2.75, 3.05) is 0 Å². The summed E-state index contributed by atoms with van der Waals surface area (Å²) in [5, 5.41) is 0. The largest absolute Gasteiger partial charge is 0.274 e. The first-order valence-electron chi connectivity index (χ1n) is 2.29. The summed E-state index contributed by atoms with van der Waals surface area (Å²) < 4.78 is 1.11. The summed E-state index contributed by atoms with van der Waals surface area (Å²) in [4.78, 5) is 21.1. The van der Waals surface area contributed by atoms with E-state index in [0.29, 0.717) is 6.42 Å². The minimum atomic E-state index is -0.290. The van der Waals surface area contributed by atoms with Crippen molar-refractivity contribution < 1.29 is 9.59 Å². The second-order valence-corrected chi connectivity index (χ2v) is 3.75. The Balaban J connectivity index is 2.77. The van der Waals surface area contributed by atoms with Crippen molar-refractivity contribution in [2.45, 2.75) is 11.2 Å². The molecule has 0 saturated carbocycles. The van der Waals surface area contributed by atoms with Gasteiger partial charge in [0.15, 0.2) is 0 Å². The van der Waals surface area contributed by atoms with Crippen molar-refractivity contribution >= 4 is 50.6 Å². The molecule has 0 aromatic carbocycles. The van der Waals surface area contributed by atoms with Gasteiger partial charge in [0, 0.05) is 6.42 Å². The highest BCUT2D eigenvalue weighted by Crippen LogP contribution is 2.22. The molecule has 0 bridgehead atoms. The predicted molar refractivity (Wildman–Crippen MR) is 43.2 cm³/mol. The molecule has 1 atom stereocenters. The van der Waals surface area contributed by atoms with Gasteiger partial charge in [-0.1, -0.05) is 15.9 Å². The van der Waals surface area contributed by atoms with E-state index in [9.17, 15) is 9.59 Å². The molecular formula is C4H3BrINO2. The van der Waals surface area contributed by atoms with Crippen LogP contribution in [-0.2, 0) is 9.59 Å². The van der Waals surface area contributed by atoms with E-state index in [1.165, 1.54) is 0 Å². The molecule has 0 radical (unpaired) electrons. The maximum atomic E-state index is 10.8. The molecule has 1 heterocycles. The van der Waals surface area contributed by atoms with Crippen LogP contribution in [-0.4, -0.2) is 19.8 Å². The molecule has 50 valence electrons. The van der Waals surface area contributed by atoms with Gasteiger partial charge in [-0.25, -0.2) is 3.11 Å². The third-order valence-corrected chi connectivity index (χ3v) is 2.76. The van der Waals surface area contributed by atoms with Crippen LogP contribution in [0.1, 0.15) is 6.42 Å². The van der Waals surface area contributed by atoms with Gasteiger partial charge in [-0.05, 0) is 0 Å². The lowest BCUT2D eigenvalue weighted by Crippen LogP contribution is -2.19. The van der Waals surface area contributed by atoms with Crippen molar-refractivity contribution in [2.24, 2.45) is 0 Å². The number of amides is 2. The van der Waals surface area contributed by atoms with E-state index >= 15 is 0 Å². The molecule has 0 aromatic rings. The first-order chi connectivity index (χ1) is 4.13. The molecule has 1 rings (SSSR count). The van der Waals surface area contributed by atoms with Gasteiger partial charge in [0.05, 0.1) is 22.9 Å². The van der Waals surface area contributed by atoms with Gasteiger partial charge in [-0.15, -0.1) is 0 Å². The van der Waals surface area contributed by atoms with Gasteiger partial charge in [0.2, 0.25) is 5.91 Å². The maximum Gasteiger partial charge on any atom is 0.252 e. The van der Waals surface area contributed by atoms with E-state index in [-0.39, 0.29) is 16.6 Å². The maximum absolute atomic E-state index is 10.8. The molecule has 1 aliphatic heterocycles. The van der Waals surface area contributed by atoms with Crippen LogP contribution in [0.3, 0.4) is 0 Å². The van der Waals surface area contributed by atoms with E-state index in [1.54, 1.807) is 22.9 Å². The van der Waals surface area contributed by atoms with Crippen LogP contribution >= 0.6 is 38.8 Å². The fraction of sp³-hybridized carbons (Fsp3) is 0.500. The molecule has 2 amide bonds. The van der Waals surface area contributed by atoms with Crippen LogP contribution in [0.15, 0.2) is 0 Å². The van der Waals surface area contributed by atoms with Gasteiger partial charge >= 0.3 is 0 Å². The van der Waals surface area contributed by atoms with Gasteiger partial charge in [-0.3, -0.25) is 9.59 Å². The molecule has 1 aliphatic rings. The number of carbonyl (C=O) groups is 2. The van der Waals surface area contributed by atoms with Crippen molar-refractivity contribution in [1.82, 2.24) is 3.11 Å². The number of nitrogens with zero attached hydrogens (tertiary/aromatic N) is 1. The third kappa shape index (κ3) is 1.26. The minimum Gasteiger partial charge on any atom is -0.274 e. The quantitative estimate of drug-likeness (QED) is 0.288. The number of halogens is 2. The van der Waals surface area contributed by atoms with Crippen LogP contribution in [0.25, 0.3) is 0 Å². The molecule has 0 N–H and O–H groups in total. The first kappa shape index (κ1) is 7.46. The molecule has 1 unspecified atom stereocenters. The summed E-state index contributed by atoms with van der Waals surface area (Å²) in [6, 6.07) is 0. The normalized spacial score (nSPS) is 27.8. The Kier molecular flexibility index (Phi) is 2.10. The topological polar surface area (TPSA) is 37.4 Å². The second kappa shape index (κ2) is 2.53. The Morgan fingerprint density at radius 2 is 2.22 bits per heavy atom. The molecule has 5 heteroatoms. The van der Waals surface area contributed by atoms with Crippen LogP contribution in [0.4, 0.5) is 0 Å². The summed E-state index contributed by atoms with van der Waals surface area (Å²) in [5.41, 5.74) is 0. The average Bonchev–Trinajstić information content (AvgIpc) is 1.98. The number of hydrogen-bond donors (Lipinski definition) is 0. The molecule has 0 aromatic heterocycles. The predicted octanol–water partition coefficient (Wildman–Crippen LogP) is 0.859. The Morgan fingerprint density at radius 3 is 2.33 bits per heavy atom. The zero-order chi connectivity index (χ0) is 7.02. The van der Waals surface area contributed by atoms with Crippen LogP contribution < -0.4 is 0 Å². The lowest BCUT2D eigenvalue weighted by atomic mass is 10.4. The highest BCUT2D eigenvalue weighted by atomic mass is 127. The zero-order valence-corrected chi connectivity index (χ0v) is 8.05. The first-order valence-corrected chi connectivity index (χ1v) is 4.17. The Hall–Kier alpha value is 0.350. The van der Waals surface area contributed by atoms with E-state index in [2.05, 4.69) is 15.9 Å². The van der Waals surface area contributed by atoms with Crippen LogP contribution in [0, 0.1) is 0 Å². The Labute approximate surface area is 74.4 Å². The SMILES string of the molecule is O=C1CC(Br)C(=O)N1I. The molecule has 1 fully saturated rings. The zero-order valence-electron chi connectivity index (χ0n) is 4.30. The summed E-state index contributed by atoms with van der Waals surface area (Å²) >= 11 is 4.77. The minimum absolute atomic E-state index is 0.123. The standard InChI is InChI=1S/C4H3BrINO2/c5-2-1-3(8)7(6)4(2)9/h2H,1H2. The Bertz CT molecular complexity index is 172. The molecule has 0 spiro atoms. The summed E-state index contributed by atoms with van der Waals surface area (Å²) in [7, 11) is 0. The molecule has 9 heavy (non-hydrogen) atoms. The lowest BCUT2D eigenvalue weighted by molar-refractivity contribution is -0.130. The highest BCUT2D eigenvalue weighted by Gasteiger charge is 2.35. The van der Waals surface area contributed by atoms with Gasteiger partial charge < -0.3 is 0 Å². The number of hydrogen-bond acceptors (Lipinski definition) is 2. The fourth-order valence-corrected chi connectivity index (χ4v) is 1.96. The molecule has 0 aliphatic carbocycles. The van der Waals surface area contributed by atoms with E-state index < -0.39 is 0 Å².